The van der Waals surface area contributed by atoms with Crippen LogP contribution < -0.4 is 0 Å². The highest BCUT2D eigenvalue weighted by molar-refractivity contribution is 6.24. The van der Waals surface area contributed by atoms with E-state index in [0.717, 1.165) is 6.42 Å². The van der Waals surface area contributed by atoms with Crippen LogP contribution in [0.3, 0.4) is 0 Å². The Kier molecular flexibility index (Phi) is 5.14. The zero-order valence-corrected chi connectivity index (χ0v) is 13.6. The minimum atomic E-state index is -0.346. The van der Waals surface area contributed by atoms with Gasteiger partial charge in [0.05, 0.1) is 9.75 Å². The molecule has 0 radical (unpaired) electrons. The molecule has 102 valence electrons. The first-order chi connectivity index (χ1) is 8.18. The number of rotatable bonds is 5. The Morgan fingerprint density at radius 2 is 1.39 bits per heavy atom. The minimum Gasteiger partial charge on any atom is -0.115 e. The second-order valence-corrected chi connectivity index (χ2v) is 7.77. The molecule has 0 N–H and O–H groups in total. The molecule has 0 bridgehead atoms. The molecular weight excluding hydrogens is 263 g/mol. The Morgan fingerprint density at radius 3 is 1.72 bits per heavy atom. The summed E-state index contributed by atoms with van der Waals surface area (Å²) in [5.41, 5.74) is 3.76. The molecule has 2 heteroatoms. The zero-order valence-electron chi connectivity index (χ0n) is 12.1. The summed E-state index contributed by atoms with van der Waals surface area (Å²) in [5.74, 6) is 0. The summed E-state index contributed by atoms with van der Waals surface area (Å²) in [6.07, 6.45) is 3.40. The molecule has 18 heavy (non-hydrogen) atoms. The maximum Gasteiger partial charge on any atom is 0.0641 e. The maximum atomic E-state index is 6.52. The summed E-state index contributed by atoms with van der Waals surface area (Å²) in [5, 5.41) is 0. The standard InChI is InChI=1S/C16H24Cl2/c1-6-7-9-12-13(15(2,3)17)10-8-11-14(12)16(4,5)18/h8,10-11H,6-7,9H2,1-5H3. The first-order valence-electron chi connectivity index (χ1n) is 6.68. The van der Waals surface area contributed by atoms with Crippen LogP contribution in [0.2, 0.25) is 0 Å². The van der Waals surface area contributed by atoms with Gasteiger partial charge in [-0.3, -0.25) is 0 Å². The van der Waals surface area contributed by atoms with Crippen LogP contribution in [0.4, 0.5) is 0 Å². The van der Waals surface area contributed by atoms with Crippen molar-refractivity contribution in [1.29, 1.82) is 0 Å². The Labute approximate surface area is 122 Å². The number of benzene rings is 1. The molecule has 0 fully saturated rings. The predicted octanol–water partition coefficient (Wildman–Crippen LogP) is 5.98. The summed E-state index contributed by atoms with van der Waals surface area (Å²) in [7, 11) is 0. The number of hydrogen-bond donors (Lipinski definition) is 0. The van der Waals surface area contributed by atoms with E-state index in [1.807, 2.05) is 27.7 Å². The van der Waals surface area contributed by atoms with Crippen LogP contribution >= 0.6 is 23.2 Å². The van der Waals surface area contributed by atoms with Gasteiger partial charge in [0.15, 0.2) is 0 Å². The number of halogens is 2. The van der Waals surface area contributed by atoms with Gasteiger partial charge in [-0.25, -0.2) is 0 Å². The van der Waals surface area contributed by atoms with Crippen molar-refractivity contribution in [3.8, 4) is 0 Å². The summed E-state index contributed by atoms with van der Waals surface area (Å²) in [4.78, 5) is -0.692. The molecule has 0 unspecified atom stereocenters. The quantitative estimate of drug-likeness (QED) is 0.585. The van der Waals surface area contributed by atoms with Crippen molar-refractivity contribution in [3.63, 3.8) is 0 Å². The molecule has 1 rings (SSSR count). The average molecular weight is 287 g/mol. The van der Waals surface area contributed by atoms with Crippen molar-refractivity contribution < 1.29 is 0 Å². The molecule has 0 saturated heterocycles. The molecule has 0 nitrogen and oxygen atoms in total. The van der Waals surface area contributed by atoms with E-state index in [-0.39, 0.29) is 9.75 Å². The smallest absolute Gasteiger partial charge is 0.0641 e. The number of alkyl halides is 2. The van der Waals surface area contributed by atoms with Crippen molar-refractivity contribution >= 4 is 23.2 Å². The van der Waals surface area contributed by atoms with Gasteiger partial charge in [0.25, 0.3) is 0 Å². The topological polar surface area (TPSA) is 0 Å². The van der Waals surface area contributed by atoms with Crippen LogP contribution in [-0.4, -0.2) is 0 Å². The fourth-order valence-corrected chi connectivity index (χ4v) is 2.68. The Hall–Kier alpha value is -0.200. The molecule has 0 saturated carbocycles. The second-order valence-electron chi connectivity index (χ2n) is 5.88. The largest absolute Gasteiger partial charge is 0.115 e. The van der Waals surface area contributed by atoms with E-state index in [9.17, 15) is 0 Å². The van der Waals surface area contributed by atoms with Crippen molar-refractivity contribution in [2.75, 3.05) is 0 Å². The first kappa shape index (κ1) is 15.9. The molecule has 0 atom stereocenters. The summed E-state index contributed by atoms with van der Waals surface area (Å²) in [6.45, 7) is 10.4. The van der Waals surface area contributed by atoms with Gasteiger partial charge in [-0.15, -0.1) is 23.2 Å². The minimum absolute atomic E-state index is 0.346. The van der Waals surface area contributed by atoms with Crippen molar-refractivity contribution in [3.05, 3.63) is 34.9 Å². The van der Waals surface area contributed by atoms with Crippen LogP contribution in [0.25, 0.3) is 0 Å². The predicted molar refractivity (Wildman–Crippen MR) is 82.8 cm³/mol. The Bertz CT molecular complexity index is 362. The molecule has 1 aromatic rings. The van der Waals surface area contributed by atoms with Gasteiger partial charge < -0.3 is 0 Å². The van der Waals surface area contributed by atoms with E-state index in [1.54, 1.807) is 0 Å². The second kappa shape index (κ2) is 5.84. The van der Waals surface area contributed by atoms with Gasteiger partial charge in [-0.1, -0.05) is 31.5 Å². The van der Waals surface area contributed by atoms with E-state index in [0.29, 0.717) is 0 Å². The van der Waals surface area contributed by atoms with E-state index in [1.165, 1.54) is 29.5 Å². The molecule has 0 aliphatic heterocycles. The maximum absolute atomic E-state index is 6.52. The lowest BCUT2D eigenvalue weighted by Crippen LogP contribution is -2.18. The van der Waals surface area contributed by atoms with Gasteiger partial charge in [-0.2, -0.15) is 0 Å². The zero-order chi connectivity index (χ0) is 14.0. The SMILES string of the molecule is CCCCc1c(C(C)(C)Cl)cccc1C(C)(C)Cl. The van der Waals surface area contributed by atoms with E-state index in [2.05, 4.69) is 25.1 Å². The highest BCUT2D eigenvalue weighted by Crippen LogP contribution is 2.38. The molecule has 1 aromatic carbocycles. The third-order valence-electron chi connectivity index (χ3n) is 3.24. The molecular formula is C16H24Cl2. The lowest BCUT2D eigenvalue weighted by atomic mass is 9.85. The molecule has 0 amide bonds. The van der Waals surface area contributed by atoms with E-state index >= 15 is 0 Å². The van der Waals surface area contributed by atoms with Crippen LogP contribution in [0.1, 0.15) is 64.2 Å². The van der Waals surface area contributed by atoms with Crippen molar-refractivity contribution in [2.24, 2.45) is 0 Å². The molecule has 0 aliphatic rings. The van der Waals surface area contributed by atoms with Crippen LogP contribution in [-0.2, 0) is 16.2 Å². The monoisotopic (exact) mass is 286 g/mol. The van der Waals surface area contributed by atoms with E-state index in [4.69, 9.17) is 23.2 Å². The summed E-state index contributed by atoms with van der Waals surface area (Å²) in [6, 6.07) is 6.32. The Morgan fingerprint density at radius 1 is 0.944 bits per heavy atom. The van der Waals surface area contributed by atoms with Crippen LogP contribution in [0.5, 0.6) is 0 Å². The van der Waals surface area contributed by atoms with Gasteiger partial charge in [0.2, 0.25) is 0 Å². The van der Waals surface area contributed by atoms with E-state index < -0.39 is 0 Å². The number of unbranched alkanes of at least 4 members (excludes halogenated alkanes) is 1. The van der Waals surface area contributed by atoms with Gasteiger partial charge in [-0.05, 0) is 57.2 Å². The summed E-state index contributed by atoms with van der Waals surface area (Å²) >= 11 is 13.0. The third-order valence-corrected chi connectivity index (χ3v) is 3.64. The fraction of sp³-hybridized carbons (Fsp3) is 0.625. The molecule has 0 aliphatic carbocycles. The Balaban J connectivity index is 3.35. The molecule has 0 heterocycles. The normalized spacial score (nSPS) is 12.8. The van der Waals surface area contributed by atoms with Crippen molar-refractivity contribution in [2.45, 2.75) is 63.6 Å². The van der Waals surface area contributed by atoms with Crippen LogP contribution in [0.15, 0.2) is 18.2 Å². The number of hydrogen-bond acceptors (Lipinski definition) is 0. The fourth-order valence-electron chi connectivity index (χ4n) is 2.32. The third kappa shape index (κ3) is 3.90. The first-order valence-corrected chi connectivity index (χ1v) is 7.44. The highest BCUT2D eigenvalue weighted by atomic mass is 35.5. The summed E-state index contributed by atoms with van der Waals surface area (Å²) < 4.78 is 0. The van der Waals surface area contributed by atoms with Crippen molar-refractivity contribution in [1.82, 2.24) is 0 Å². The molecule has 0 spiro atoms. The lowest BCUT2D eigenvalue weighted by molar-refractivity contribution is 0.689. The highest BCUT2D eigenvalue weighted by Gasteiger charge is 2.27. The van der Waals surface area contributed by atoms with Crippen LogP contribution in [0, 0.1) is 0 Å². The average Bonchev–Trinajstić information content (AvgIpc) is 2.23. The van der Waals surface area contributed by atoms with Gasteiger partial charge in [0.1, 0.15) is 0 Å². The van der Waals surface area contributed by atoms with Gasteiger partial charge in [0, 0.05) is 0 Å². The lowest BCUT2D eigenvalue weighted by Gasteiger charge is -2.27. The van der Waals surface area contributed by atoms with Gasteiger partial charge >= 0.3 is 0 Å². The molecule has 0 aromatic heterocycles.